The van der Waals surface area contributed by atoms with Crippen molar-refractivity contribution < 1.29 is 14.7 Å². The number of rotatable bonds is 6. The van der Waals surface area contributed by atoms with Crippen LogP contribution in [-0.4, -0.2) is 38.2 Å². The topological polar surface area (TPSA) is 98.3 Å². The average Bonchev–Trinajstić information content (AvgIpc) is 3.15. The highest BCUT2D eigenvalue weighted by molar-refractivity contribution is 5.74. The Kier molecular flexibility index (Phi) is 5.88. The van der Waals surface area contributed by atoms with E-state index < -0.39 is 5.97 Å². The number of aliphatic carboxylic acids is 1. The molecule has 1 heterocycles. The minimum absolute atomic E-state index is 0.0261. The number of carboxylic acid groups (broad SMARTS) is 1. The number of amides is 2. The number of benzene rings is 1. The molecule has 1 aliphatic rings. The monoisotopic (exact) mass is 356 g/mol. The SMILES string of the molecule is O=C(O)C1CCC(NC(=O)N(Cc2ccccc2)Cc2ccn[nH]2)CC1. The molecule has 3 rings (SSSR count). The molecule has 1 aliphatic carbocycles. The second-order valence-electron chi connectivity index (χ2n) is 6.76. The van der Waals surface area contributed by atoms with Gasteiger partial charge in [0.25, 0.3) is 0 Å². The molecule has 0 radical (unpaired) electrons. The van der Waals surface area contributed by atoms with Crippen LogP contribution in [0.1, 0.15) is 36.9 Å². The van der Waals surface area contributed by atoms with E-state index in [2.05, 4.69) is 15.5 Å². The van der Waals surface area contributed by atoms with Crippen LogP contribution in [0.15, 0.2) is 42.6 Å². The smallest absolute Gasteiger partial charge is 0.318 e. The largest absolute Gasteiger partial charge is 0.481 e. The Morgan fingerprint density at radius 1 is 1.12 bits per heavy atom. The maximum atomic E-state index is 12.8. The highest BCUT2D eigenvalue weighted by Gasteiger charge is 2.28. The second-order valence-corrected chi connectivity index (χ2v) is 6.76. The Morgan fingerprint density at radius 2 is 1.85 bits per heavy atom. The predicted molar refractivity (Wildman–Crippen MR) is 96.2 cm³/mol. The van der Waals surface area contributed by atoms with Gasteiger partial charge in [0.2, 0.25) is 0 Å². The molecule has 1 aromatic heterocycles. The summed E-state index contributed by atoms with van der Waals surface area (Å²) in [6.07, 6.45) is 4.29. The molecule has 0 unspecified atom stereocenters. The van der Waals surface area contributed by atoms with Gasteiger partial charge in [-0.3, -0.25) is 9.89 Å². The van der Waals surface area contributed by atoms with Crippen molar-refractivity contribution in [1.29, 1.82) is 0 Å². The summed E-state index contributed by atoms with van der Waals surface area (Å²) in [7, 11) is 0. The lowest BCUT2D eigenvalue weighted by Crippen LogP contribution is -2.45. The van der Waals surface area contributed by atoms with E-state index in [9.17, 15) is 9.59 Å². The van der Waals surface area contributed by atoms with Crippen LogP contribution >= 0.6 is 0 Å². The average molecular weight is 356 g/mol. The first-order valence-electron chi connectivity index (χ1n) is 8.92. The van der Waals surface area contributed by atoms with E-state index in [0.29, 0.717) is 38.8 Å². The molecule has 26 heavy (non-hydrogen) atoms. The molecule has 7 heteroatoms. The molecule has 1 aromatic carbocycles. The molecular weight excluding hydrogens is 332 g/mol. The molecule has 2 aromatic rings. The van der Waals surface area contributed by atoms with Gasteiger partial charge in [0.05, 0.1) is 18.2 Å². The third-order valence-electron chi connectivity index (χ3n) is 4.83. The number of carboxylic acids is 1. The number of carbonyl (C=O) groups excluding carboxylic acids is 1. The number of aromatic nitrogens is 2. The second kappa shape index (κ2) is 8.51. The molecule has 7 nitrogen and oxygen atoms in total. The fourth-order valence-corrected chi connectivity index (χ4v) is 3.33. The zero-order valence-electron chi connectivity index (χ0n) is 14.6. The first kappa shape index (κ1) is 18.0. The zero-order chi connectivity index (χ0) is 18.4. The van der Waals surface area contributed by atoms with Crippen LogP contribution in [0, 0.1) is 5.92 Å². The maximum absolute atomic E-state index is 12.8. The Bertz CT molecular complexity index is 710. The molecule has 1 fully saturated rings. The summed E-state index contributed by atoms with van der Waals surface area (Å²) in [5.74, 6) is -1.02. The van der Waals surface area contributed by atoms with Crippen LogP contribution in [0.2, 0.25) is 0 Å². The van der Waals surface area contributed by atoms with E-state index in [1.54, 1.807) is 11.1 Å². The number of H-pyrrole nitrogens is 1. The Balaban J connectivity index is 1.62. The number of aromatic amines is 1. The van der Waals surface area contributed by atoms with Crippen LogP contribution in [0.5, 0.6) is 0 Å². The van der Waals surface area contributed by atoms with E-state index >= 15 is 0 Å². The molecule has 3 N–H and O–H groups in total. The number of carbonyl (C=O) groups is 2. The van der Waals surface area contributed by atoms with Gasteiger partial charge in [-0.15, -0.1) is 0 Å². The summed E-state index contributed by atoms with van der Waals surface area (Å²) >= 11 is 0. The lowest BCUT2D eigenvalue weighted by Gasteiger charge is -2.30. The van der Waals surface area contributed by atoms with Crippen LogP contribution in [0.4, 0.5) is 4.79 Å². The number of hydrogen-bond donors (Lipinski definition) is 3. The predicted octanol–water partition coefficient (Wildman–Crippen LogP) is 2.76. The molecule has 138 valence electrons. The minimum Gasteiger partial charge on any atom is -0.481 e. The summed E-state index contributed by atoms with van der Waals surface area (Å²) in [5, 5.41) is 19.0. The summed E-state index contributed by atoms with van der Waals surface area (Å²) in [4.78, 5) is 25.6. The Morgan fingerprint density at radius 3 is 2.46 bits per heavy atom. The molecule has 0 bridgehead atoms. The van der Waals surface area contributed by atoms with E-state index in [1.807, 2.05) is 36.4 Å². The summed E-state index contributed by atoms with van der Waals surface area (Å²) in [6.45, 7) is 0.932. The number of nitrogens with zero attached hydrogens (tertiary/aromatic N) is 2. The Hall–Kier alpha value is -2.83. The van der Waals surface area contributed by atoms with Gasteiger partial charge in [0.1, 0.15) is 0 Å². The lowest BCUT2D eigenvalue weighted by molar-refractivity contribution is -0.142. The van der Waals surface area contributed by atoms with Crippen molar-refractivity contribution in [2.24, 2.45) is 5.92 Å². The van der Waals surface area contributed by atoms with Gasteiger partial charge < -0.3 is 15.3 Å². The van der Waals surface area contributed by atoms with Gasteiger partial charge in [-0.25, -0.2) is 4.79 Å². The maximum Gasteiger partial charge on any atom is 0.318 e. The van der Waals surface area contributed by atoms with Gasteiger partial charge in [0.15, 0.2) is 0 Å². The van der Waals surface area contributed by atoms with Gasteiger partial charge in [-0.1, -0.05) is 30.3 Å². The van der Waals surface area contributed by atoms with Crippen LogP contribution in [-0.2, 0) is 17.9 Å². The van der Waals surface area contributed by atoms with Crippen molar-refractivity contribution in [3.05, 3.63) is 53.9 Å². The number of urea groups is 1. The molecule has 2 amide bonds. The lowest BCUT2D eigenvalue weighted by atomic mass is 9.86. The molecular formula is C19H24N4O3. The van der Waals surface area contributed by atoms with Crippen molar-refractivity contribution >= 4 is 12.0 Å². The highest BCUT2D eigenvalue weighted by Crippen LogP contribution is 2.24. The van der Waals surface area contributed by atoms with Crippen molar-refractivity contribution in [3.63, 3.8) is 0 Å². The summed E-state index contributed by atoms with van der Waals surface area (Å²) in [5.41, 5.74) is 1.92. The van der Waals surface area contributed by atoms with E-state index in [0.717, 1.165) is 11.3 Å². The van der Waals surface area contributed by atoms with Gasteiger partial charge in [-0.2, -0.15) is 5.10 Å². The van der Waals surface area contributed by atoms with E-state index in [-0.39, 0.29) is 18.0 Å². The van der Waals surface area contributed by atoms with Crippen LogP contribution in [0.3, 0.4) is 0 Å². The van der Waals surface area contributed by atoms with Crippen molar-refractivity contribution in [2.75, 3.05) is 0 Å². The third kappa shape index (κ3) is 4.84. The molecule has 0 spiro atoms. The van der Waals surface area contributed by atoms with Crippen molar-refractivity contribution in [1.82, 2.24) is 20.4 Å². The molecule has 0 saturated heterocycles. The molecule has 0 atom stereocenters. The van der Waals surface area contributed by atoms with Gasteiger partial charge >= 0.3 is 12.0 Å². The minimum atomic E-state index is -0.736. The van der Waals surface area contributed by atoms with Crippen molar-refractivity contribution in [3.8, 4) is 0 Å². The van der Waals surface area contributed by atoms with Crippen LogP contribution < -0.4 is 5.32 Å². The highest BCUT2D eigenvalue weighted by atomic mass is 16.4. The van der Waals surface area contributed by atoms with Crippen LogP contribution in [0.25, 0.3) is 0 Å². The molecule has 0 aliphatic heterocycles. The fraction of sp³-hybridized carbons (Fsp3) is 0.421. The van der Waals surface area contributed by atoms with E-state index in [4.69, 9.17) is 5.11 Å². The fourth-order valence-electron chi connectivity index (χ4n) is 3.33. The number of nitrogens with one attached hydrogen (secondary N) is 2. The van der Waals surface area contributed by atoms with Gasteiger partial charge in [-0.05, 0) is 37.3 Å². The first-order valence-corrected chi connectivity index (χ1v) is 8.92. The van der Waals surface area contributed by atoms with E-state index in [1.165, 1.54) is 0 Å². The molecule has 1 saturated carbocycles. The van der Waals surface area contributed by atoms with Gasteiger partial charge in [0, 0.05) is 18.8 Å². The third-order valence-corrected chi connectivity index (χ3v) is 4.83. The Labute approximate surface area is 152 Å². The first-order chi connectivity index (χ1) is 12.6. The summed E-state index contributed by atoms with van der Waals surface area (Å²) in [6, 6.07) is 11.6. The van der Waals surface area contributed by atoms with Crippen molar-refractivity contribution in [2.45, 2.75) is 44.8 Å². The quantitative estimate of drug-likeness (QED) is 0.741. The number of hydrogen-bond acceptors (Lipinski definition) is 3. The standard InChI is InChI=1S/C19H24N4O3/c24-18(25)15-6-8-16(9-7-15)21-19(26)23(13-17-10-11-20-22-17)12-14-4-2-1-3-5-14/h1-5,10-11,15-16H,6-9,12-13H2,(H,20,22)(H,21,26)(H,24,25). The zero-order valence-corrected chi connectivity index (χ0v) is 14.6. The summed E-state index contributed by atoms with van der Waals surface area (Å²) < 4.78 is 0. The normalized spacial score (nSPS) is 19.7.